The average molecular weight is 369 g/mol. The molecule has 0 saturated heterocycles. The molecule has 0 atom stereocenters. The summed E-state index contributed by atoms with van der Waals surface area (Å²) < 4.78 is 38.3. The number of ether oxygens (including phenoxy) is 2. The van der Waals surface area contributed by atoms with Crippen molar-refractivity contribution in [1.82, 2.24) is 0 Å². The summed E-state index contributed by atoms with van der Waals surface area (Å²) in [6, 6.07) is 2.88. The average Bonchev–Trinajstić information content (AvgIpc) is 2.65. The maximum absolute atomic E-state index is 14.0. The molecule has 0 aliphatic heterocycles. The second-order valence-electron chi connectivity index (χ2n) is 7.50. The predicted molar refractivity (Wildman–Crippen MR) is 102 cm³/mol. The van der Waals surface area contributed by atoms with Crippen molar-refractivity contribution in [3.05, 3.63) is 23.8 Å². The predicted octanol–water partition coefficient (Wildman–Crippen LogP) is 6.91. The van der Waals surface area contributed by atoms with Gasteiger partial charge < -0.3 is 9.47 Å². The van der Waals surface area contributed by atoms with E-state index in [0.717, 1.165) is 24.7 Å². The lowest BCUT2D eigenvalue weighted by atomic mass is 9.78. The Bertz CT molecular complexity index is 525. The van der Waals surface area contributed by atoms with Crippen LogP contribution in [0.4, 0.5) is 8.78 Å². The van der Waals surface area contributed by atoms with Gasteiger partial charge in [0.15, 0.2) is 11.5 Å². The maximum atomic E-state index is 14.0. The van der Waals surface area contributed by atoms with Gasteiger partial charge in [-0.15, -0.1) is 0 Å². The smallest absolute Gasteiger partial charge is 0.204 e. The molecule has 148 valence electrons. The number of rotatable bonds is 11. The summed E-state index contributed by atoms with van der Waals surface area (Å²) in [7, 11) is 0. The lowest BCUT2D eigenvalue weighted by molar-refractivity contribution is 0.224. The zero-order valence-corrected chi connectivity index (χ0v) is 16.4. The Morgan fingerprint density at radius 2 is 1.35 bits per heavy atom. The van der Waals surface area contributed by atoms with Crippen LogP contribution in [0.25, 0.3) is 0 Å². The van der Waals surface area contributed by atoms with E-state index in [1.807, 2.05) is 0 Å². The van der Waals surface area contributed by atoms with Crippen LogP contribution in [0.15, 0.2) is 12.1 Å². The molecule has 26 heavy (non-hydrogen) atoms. The summed E-state index contributed by atoms with van der Waals surface area (Å²) in [5.41, 5.74) is 0. The van der Waals surface area contributed by atoms with E-state index in [-0.39, 0.29) is 11.5 Å². The minimum Gasteiger partial charge on any atom is -0.491 e. The Morgan fingerprint density at radius 3 is 1.88 bits per heavy atom. The van der Waals surface area contributed by atoms with Crippen LogP contribution in [0.1, 0.15) is 78.1 Å². The van der Waals surface area contributed by atoms with Gasteiger partial charge in [0.2, 0.25) is 11.6 Å². The van der Waals surface area contributed by atoms with Crippen LogP contribution in [-0.4, -0.2) is 13.2 Å². The number of hydrogen-bond acceptors (Lipinski definition) is 2. The third kappa shape index (κ3) is 6.44. The Labute approximate surface area is 157 Å². The summed E-state index contributed by atoms with van der Waals surface area (Å²) in [6.45, 7) is 4.73. The fraction of sp³-hybridized carbons (Fsp3) is 0.727. The highest BCUT2D eigenvalue weighted by molar-refractivity contribution is 5.34. The fourth-order valence-corrected chi connectivity index (χ4v) is 3.94. The van der Waals surface area contributed by atoms with Gasteiger partial charge in [-0.25, -0.2) is 0 Å². The van der Waals surface area contributed by atoms with Gasteiger partial charge in [0, 0.05) is 0 Å². The largest absolute Gasteiger partial charge is 0.491 e. The fourth-order valence-electron chi connectivity index (χ4n) is 3.94. The maximum Gasteiger partial charge on any atom is 0.204 e. The highest BCUT2D eigenvalue weighted by atomic mass is 19.2. The molecule has 0 amide bonds. The Morgan fingerprint density at radius 1 is 0.808 bits per heavy atom. The first kappa shape index (κ1) is 21.0. The van der Waals surface area contributed by atoms with Crippen molar-refractivity contribution in [2.45, 2.75) is 78.1 Å². The molecule has 0 aromatic heterocycles. The van der Waals surface area contributed by atoms with E-state index in [1.54, 1.807) is 6.92 Å². The van der Waals surface area contributed by atoms with Gasteiger partial charge in [-0.3, -0.25) is 0 Å². The SMILES string of the molecule is CCCCCC1CCC(CCCOc2ccc(OCC)c(F)c2F)CC1. The zero-order valence-electron chi connectivity index (χ0n) is 16.4. The van der Waals surface area contributed by atoms with E-state index >= 15 is 0 Å². The molecule has 0 N–H and O–H groups in total. The quantitative estimate of drug-likeness (QED) is 0.395. The van der Waals surface area contributed by atoms with E-state index in [1.165, 1.54) is 63.5 Å². The summed E-state index contributed by atoms with van der Waals surface area (Å²) in [6.07, 6.45) is 12.8. The van der Waals surface area contributed by atoms with Crippen LogP contribution < -0.4 is 9.47 Å². The van der Waals surface area contributed by atoms with E-state index in [0.29, 0.717) is 13.2 Å². The van der Waals surface area contributed by atoms with E-state index in [9.17, 15) is 8.78 Å². The molecular weight excluding hydrogens is 334 g/mol. The van der Waals surface area contributed by atoms with Gasteiger partial charge in [0.1, 0.15) is 0 Å². The molecule has 2 rings (SSSR count). The van der Waals surface area contributed by atoms with Crippen LogP contribution in [0.2, 0.25) is 0 Å². The second kappa shape index (κ2) is 11.4. The first-order chi connectivity index (χ1) is 12.7. The topological polar surface area (TPSA) is 18.5 Å². The Balaban J connectivity index is 1.65. The molecule has 0 heterocycles. The Hall–Kier alpha value is -1.32. The highest BCUT2D eigenvalue weighted by Gasteiger charge is 2.21. The number of benzene rings is 1. The van der Waals surface area contributed by atoms with Crippen molar-refractivity contribution < 1.29 is 18.3 Å². The van der Waals surface area contributed by atoms with E-state index in [2.05, 4.69) is 6.92 Å². The van der Waals surface area contributed by atoms with Crippen molar-refractivity contribution in [2.75, 3.05) is 13.2 Å². The normalized spacial score (nSPS) is 20.2. The minimum atomic E-state index is -0.967. The molecule has 1 aromatic carbocycles. The van der Waals surface area contributed by atoms with Crippen LogP contribution in [-0.2, 0) is 0 Å². The molecule has 1 aliphatic rings. The number of unbranched alkanes of at least 4 members (excludes halogenated alkanes) is 2. The van der Waals surface area contributed by atoms with Gasteiger partial charge in [-0.1, -0.05) is 58.3 Å². The Kier molecular flexibility index (Phi) is 9.21. The first-order valence-electron chi connectivity index (χ1n) is 10.4. The van der Waals surface area contributed by atoms with Gasteiger partial charge in [-0.2, -0.15) is 8.78 Å². The van der Waals surface area contributed by atoms with Crippen molar-refractivity contribution >= 4 is 0 Å². The summed E-state index contributed by atoms with van der Waals surface area (Å²) >= 11 is 0. The lowest BCUT2D eigenvalue weighted by Gasteiger charge is -2.28. The van der Waals surface area contributed by atoms with Gasteiger partial charge in [0.25, 0.3) is 0 Å². The standard InChI is InChI=1S/C22H34F2O2/c1-3-5-6-8-17-10-12-18(13-11-17)9-7-16-26-20-15-14-19(25-4-2)21(23)22(20)24/h14-15,17-18H,3-13,16H2,1-2H3. The van der Waals surface area contributed by atoms with Crippen LogP contribution in [0, 0.1) is 23.5 Å². The first-order valence-corrected chi connectivity index (χ1v) is 10.4. The molecule has 1 fully saturated rings. The molecule has 0 unspecified atom stereocenters. The highest BCUT2D eigenvalue weighted by Crippen LogP contribution is 2.34. The van der Waals surface area contributed by atoms with Gasteiger partial charge in [0.05, 0.1) is 13.2 Å². The zero-order chi connectivity index (χ0) is 18.8. The van der Waals surface area contributed by atoms with E-state index in [4.69, 9.17) is 9.47 Å². The second-order valence-corrected chi connectivity index (χ2v) is 7.50. The third-order valence-corrected chi connectivity index (χ3v) is 5.51. The third-order valence-electron chi connectivity index (χ3n) is 5.51. The molecule has 0 radical (unpaired) electrons. The van der Waals surface area contributed by atoms with E-state index < -0.39 is 11.6 Å². The molecule has 2 nitrogen and oxygen atoms in total. The molecule has 0 spiro atoms. The molecular formula is C22H34F2O2. The van der Waals surface area contributed by atoms with Crippen molar-refractivity contribution in [3.63, 3.8) is 0 Å². The van der Waals surface area contributed by atoms with Crippen LogP contribution in [0.5, 0.6) is 11.5 Å². The molecule has 4 heteroatoms. The molecule has 1 saturated carbocycles. The van der Waals surface area contributed by atoms with Crippen molar-refractivity contribution in [1.29, 1.82) is 0 Å². The van der Waals surface area contributed by atoms with Crippen LogP contribution in [0.3, 0.4) is 0 Å². The molecule has 1 aromatic rings. The number of halogens is 2. The van der Waals surface area contributed by atoms with Gasteiger partial charge in [-0.05, 0) is 43.7 Å². The molecule has 1 aliphatic carbocycles. The molecule has 0 bridgehead atoms. The monoisotopic (exact) mass is 368 g/mol. The lowest BCUT2D eigenvalue weighted by Crippen LogP contribution is -2.15. The van der Waals surface area contributed by atoms with Crippen molar-refractivity contribution in [3.8, 4) is 11.5 Å². The summed E-state index contributed by atoms with van der Waals surface area (Å²) in [5.74, 6) is -0.314. The minimum absolute atomic E-state index is 0.0226. The summed E-state index contributed by atoms with van der Waals surface area (Å²) in [4.78, 5) is 0. The van der Waals surface area contributed by atoms with Crippen LogP contribution >= 0.6 is 0 Å². The van der Waals surface area contributed by atoms with Gasteiger partial charge >= 0.3 is 0 Å². The van der Waals surface area contributed by atoms with Crippen molar-refractivity contribution in [2.24, 2.45) is 11.8 Å². The summed E-state index contributed by atoms with van der Waals surface area (Å²) in [5, 5.41) is 0. The number of hydrogen-bond donors (Lipinski definition) is 0.